The Bertz CT molecular complexity index is 878. The van der Waals surface area contributed by atoms with Crippen molar-refractivity contribution >= 4 is 17.0 Å². The molecule has 130 valence electrons. The van der Waals surface area contributed by atoms with Crippen molar-refractivity contribution in [2.24, 2.45) is 0 Å². The van der Waals surface area contributed by atoms with E-state index in [0.717, 1.165) is 17.6 Å². The minimum atomic E-state index is -4.35. The minimum absolute atomic E-state index is 0.219. The molecule has 0 aliphatic carbocycles. The van der Waals surface area contributed by atoms with Gasteiger partial charge in [0.1, 0.15) is 13.2 Å². The number of rotatable bonds is 3. The van der Waals surface area contributed by atoms with E-state index in [2.05, 4.69) is 15.3 Å². The molecule has 0 amide bonds. The first-order chi connectivity index (χ1) is 12.0. The molecule has 1 aromatic heterocycles. The Labute approximate surface area is 140 Å². The molecule has 1 aliphatic heterocycles. The summed E-state index contributed by atoms with van der Waals surface area (Å²) < 4.78 is 49.3. The molecule has 5 nitrogen and oxygen atoms in total. The van der Waals surface area contributed by atoms with E-state index in [4.69, 9.17) is 9.47 Å². The number of halogens is 3. The van der Waals surface area contributed by atoms with Gasteiger partial charge >= 0.3 is 6.18 Å². The molecule has 2 N–H and O–H groups in total. The van der Waals surface area contributed by atoms with E-state index in [-0.39, 0.29) is 6.54 Å². The van der Waals surface area contributed by atoms with Crippen molar-refractivity contribution in [2.75, 3.05) is 18.5 Å². The molecule has 0 atom stereocenters. The van der Waals surface area contributed by atoms with Gasteiger partial charge in [-0.2, -0.15) is 13.2 Å². The Kier molecular flexibility index (Phi) is 3.67. The summed E-state index contributed by atoms with van der Waals surface area (Å²) in [6.07, 6.45) is -4.35. The summed E-state index contributed by atoms with van der Waals surface area (Å²) in [7, 11) is 0. The van der Waals surface area contributed by atoms with Gasteiger partial charge in [0.2, 0.25) is 5.95 Å². The zero-order valence-corrected chi connectivity index (χ0v) is 13.0. The van der Waals surface area contributed by atoms with Gasteiger partial charge < -0.3 is 19.8 Å². The fraction of sp³-hybridized carbons (Fsp3) is 0.235. The lowest BCUT2D eigenvalue weighted by molar-refractivity contribution is -0.137. The number of hydrogen-bond donors (Lipinski definition) is 2. The highest BCUT2D eigenvalue weighted by Crippen LogP contribution is 2.34. The van der Waals surface area contributed by atoms with E-state index in [0.29, 0.717) is 41.7 Å². The number of anilines is 1. The molecule has 2 heterocycles. The second kappa shape index (κ2) is 5.87. The van der Waals surface area contributed by atoms with Crippen LogP contribution >= 0.6 is 0 Å². The van der Waals surface area contributed by atoms with Gasteiger partial charge in [0.05, 0.1) is 16.6 Å². The van der Waals surface area contributed by atoms with Crippen LogP contribution in [-0.2, 0) is 12.7 Å². The van der Waals surface area contributed by atoms with Crippen molar-refractivity contribution in [1.29, 1.82) is 0 Å². The van der Waals surface area contributed by atoms with Gasteiger partial charge in [0, 0.05) is 18.7 Å². The number of aromatic amines is 1. The van der Waals surface area contributed by atoms with E-state index < -0.39 is 11.7 Å². The number of nitrogens with one attached hydrogen (secondary N) is 2. The summed E-state index contributed by atoms with van der Waals surface area (Å²) >= 11 is 0. The third kappa shape index (κ3) is 3.19. The predicted molar refractivity (Wildman–Crippen MR) is 85.9 cm³/mol. The fourth-order valence-corrected chi connectivity index (χ4v) is 2.67. The number of nitrogens with zero attached hydrogens (tertiary/aromatic N) is 1. The molecule has 2 aromatic carbocycles. The number of aromatic nitrogens is 2. The van der Waals surface area contributed by atoms with Crippen LogP contribution in [0.4, 0.5) is 19.1 Å². The zero-order valence-electron chi connectivity index (χ0n) is 13.0. The topological polar surface area (TPSA) is 59.2 Å². The van der Waals surface area contributed by atoms with Gasteiger partial charge in [0.15, 0.2) is 11.5 Å². The lowest BCUT2D eigenvalue weighted by atomic mass is 10.1. The van der Waals surface area contributed by atoms with Crippen LogP contribution in [-0.4, -0.2) is 23.2 Å². The predicted octanol–water partition coefficient (Wildman–Crippen LogP) is 3.97. The summed E-state index contributed by atoms with van der Waals surface area (Å²) in [6, 6.07) is 8.76. The molecule has 0 spiro atoms. The summed E-state index contributed by atoms with van der Waals surface area (Å²) in [4.78, 5) is 7.46. The van der Waals surface area contributed by atoms with Gasteiger partial charge in [-0.15, -0.1) is 0 Å². The molecule has 0 bridgehead atoms. The highest BCUT2D eigenvalue weighted by atomic mass is 19.4. The smallest absolute Gasteiger partial charge is 0.416 e. The van der Waals surface area contributed by atoms with E-state index in [1.54, 1.807) is 18.2 Å². The molecule has 1 aliphatic rings. The van der Waals surface area contributed by atoms with Gasteiger partial charge in [-0.3, -0.25) is 0 Å². The third-order valence-corrected chi connectivity index (χ3v) is 3.86. The summed E-state index contributed by atoms with van der Waals surface area (Å²) in [5.74, 6) is 1.75. The maximum absolute atomic E-state index is 12.8. The maximum Gasteiger partial charge on any atom is 0.416 e. The second-order valence-electron chi connectivity index (χ2n) is 5.65. The monoisotopic (exact) mass is 349 g/mol. The molecular formula is C17H14F3N3O2. The average Bonchev–Trinajstić information content (AvgIpc) is 2.99. The molecule has 0 fully saturated rings. The first-order valence-corrected chi connectivity index (χ1v) is 7.68. The quantitative estimate of drug-likeness (QED) is 0.751. The van der Waals surface area contributed by atoms with Crippen LogP contribution in [0.1, 0.15) is 11.1 Å². The first-order valence-electron chi connectivity index (χ1n) is 7.68. The van der Waals surface area contributed by atoms with Crippen LogP contribution in [0.2, 0.25) is 0 Å². The lowest BCUT2D eigenvalue weighted by Gasteiger charge is -2.17. The van der Waals surface area contributed by atoms with Crippen molar-refractivity contribution in [3.05, 3.63) is 47.5 Å². The third-order valence-electron chi connectivity index (χ3n) is 3.86. The highest BCUT2D eigenvalue weighted by Gasteiger charge is 2.30. The summed E-state index contributed by atoms with van der Waals surface area (Å²) in [5, 5.41) is 3.00. The van der Waals surface area contributed by atoms with Crippen LogP contribution in [0, 0.1) is 0 Å². The Morgan fingerprint density at radius 2 is 1.84 bits per heavy atom. The van der Waals surface area contributed by atoms with Crippen molar-refractivity contribution in [1.82, 2.24) is 9.97 Å². The molecule has 0 saturated heterocycles. The van der Waals surface area contributed by atoms with Gasteiger partial charge in [-0.25, -0.2) is 4.98 Å². The Morgan fingerprint density at radius 1 is 1.08 bits per heavy atom. The van der Waals surface area contributed by atoms with E-state index in [1.165, 1.54) is 6.07 Å². The van der Waals surface area contributed by atoms with Crippen molar-refractivity contribution < 1.29 is 22.6 Å². The molecule has 0 saturated carbocycles. The number of H-pyrrole nitrogens is 1. The lowest BCUT2D eigenvalue weighted by Crippen LogP contribution is -2.15. The van der Waals surface area contributed by atoms with Gasteiger partial charge in [-0.05, 0) is 17.7 Å². The standard InChI is InChI=1S/C17H14F3N3O2/c18-17(19,20)11-3-1-2-10(6-11)9-21-16-22-12-7-14-15(8-13(12)23-16)25-5-4-24-14/h1-3,6-8H,4-5,9H2,(H2,21,22,23). The van der Waals surface area contributed by atoms with Gasteiger partial charge in [-0.1, -0.05) is 12.1 Å². The van der Waals surface area contributed by atoms with Crippen LogP contribution in [0.25, 0.3) is 11.0 Å². The molecule has 8 heteroatoms. The zero-order chi connectivity index (χ0) is 17.4. The van der Waals surface area contributed by atoms with Crippen LogP contribution < -0.4 is 14.8 Å². The highest BCUT2D eigenvalue weighted by molar-refractivity contribution is 5.81. The number of alkyl halides is 3. The summed E-state index contributed by atoms with van der Waals surface area (Å²) in [6.45, 7) is 1.20. The van der Waals surface area contributed by atoms with Crippen LogP contribution in [0.5, 0.6) is 11.5 Å². The van der Waals surface area contributed by atoms with E-state index in [9.17, 15) is 13.2 Å². The first kappa shape index (κ1) is 15.6. The molecule has 0 unspecified atom stereocenters. The molecule has 3 aromatic rings. The van der Waals surface area contributed by atoms with E-state index >= 15 is 0 Å². The minimum Gasteiger partial charge on any atom is -0.486 e. The number of imidazole rings is 1. The number of hydrogen-bond acceptors (Lipinski definition) is 4. The second-order valence-corrected chi connectivity index (χ2v) is 5.65. The van der Waals surface area contributed by atoms with E-state index in [1.807, 2.05) is 0 Å². The van der Waals surface area contributed by atoms with Crippen molar-refractivity contribution in [3.8, 4) is 11.5 Å². The van der Waals surface area contributed by atoms with Crippen molar-refractivity contribution in [2.45, 2.75) is 12.7 Å². The van der Waals surface area contributed by atoms with Crippen LogP contribution in [0.15, 0.2) is 36.4 Å². The largest absolute Gasteiger partial charge is 0.486 e. The van der Waals surface area contributed by atoms with Crippen LogP contribution in [0.3, 0.4) is 0 Å². The number of fused-ring (bicyclic) bond motifs is 2. The molecule has 4 rings (SSSR count). The fourth-order valence-electron chi connectivity index (χ4n) is 2.67. The molecule has 25 heavy (non-hydrogen) atoms. The Balaban J connectivity index is 1.53. The SMILES string of the molecule is FC(F)(F)c1cccc(CNc2nc3cc4c(cc3[nH]2)OCCO4)c1. The Hall–Kier alpha value is -2.90. The number of benzene rings is 2. The maximum atomic E-state index is 12.8. The average molecular weight is 349 g/mol. The number of ether oxygens (including phenoxy) is 2. The van der Waals surface area contributed by atoms with Gasteiger partial charge in [0.25, 0.3) is 0 Å². The normalized spacial score (nSPS) is 13.9. The Morgan fingerprint density at radius 3 is 2.60 bits per heavy atom. The molecular weight excluding hydrogens is 335 g/mol. The summed E-state index contributed by atoms with van der Waals surface area (Å²) in [5.41, 5.74) is 1.30. The van der Waals surface area contributed by atoms with Crippen molar-refractivity contribution in [3.63, 3.8) is 0 Å². The molecule has 0 radical (unpaired) electrons.